The van der Waals surface area contributed by atoms with Gasteiger partial charge in [0.1, 0.15) is 23.3 Å². The van der Waals surface area contributed by atoms with Crippen LogP contribution in [-0.4, -0.2) is 91.9 Å². The lowest BCUT2D eigenvalue weighted by Gasteiger charge is -2.27. The van der Waals surface area contributed by atoms with Crippen LogP contribution < -0.4 is 25.1 Å². The molecule has 16 nitrogen and oxygen atoms in total. The normalized spacial score (nSPS) is 15.4. The fraction of sp³-hybridized carbons (Fsp3) is 0.350. The van der Waals surface area contributed by atoms with Gasteiger partial charge in [-0.2, -0.15) is 0 Å². The first-order chi connectivity index (χ1) is 27.1. The average molecular weight is 763 g/mol. The monoisotopic (exact) mass is 762 g/mol. The molecule has 5 aromatic rings. The highest BCUT2D eigenvalue weighted by Crippen LogP contribution is 2.38. The maximum Gasteiger partial charge on any atom is 0.262 e. The second-order valence-electron chi connectivity index (χ2n) is 13.9. The third-order valence-corrected chi connectivity index (χ3v) is 10.1. The molecule has 7 rings (SSSR count). The van der Waals surface area contributed by atoms with Gasteiger partial charge in [-0.05, 0) is 80.1 Å². The molecule has 5 heterocycles. The molecule has 1 unspecified atom stereocenters. The number of nitrogens with zero attached hydrogens (tertiary/aromatic N) is 7. The highest BCUT2D eigenvalue weighted by Gasteiger charge is 2.44. The lowest BCUT2D eigenvalue weighted by molar-refractivity contribution is -0.136. The number of imide groups is 2. The van der Waals surface area contributed by atoms with Crippen LogP contribution in [-0.2, 0) is 36.3 Å². The quantitative estimate of drug-likeness (QED) is 0.121. The topological polar surface area (TPSA) is 180 Å². The van der Waals surface area contributed by atoms with E-state index < -0.39 is 29.7 Å². The van der Waals surface area contributed by atoms with Crippen LogP contribution in [0.15, 0.2) is 66.0 Å². The van der Waals surface area contributed by atoms with Gasteiger partial charge in [0.15, 0.2) is 0 Å². The molecule has 3 aromatic heterocycles. The number of fused-ring (bicyclic) bond motifs is 2. The molecule has 0 saturated carbocycles. The third kappa shape index (κ3) is 7.60. The Morgan fingerprint density at radius 3 is 2.39 bits per heavy atom. The molecule has 16 heteroatoms. The first-order valence-electron chi connectivity index (χ1n) is 18.3. The van der Waals surface area contributed by atoms with Crippen molar-refractivity contribution >= 4 is 34.4 Å². The van der Waals surface area contributed by atoms with Crippen molar-refractivity contribution in [2.24, 2.45) is 7.05 Å². The van der Waals surface area contributed by atoms with Gasteiger partial charge in [0.2, 0.25) is 11.8 Å². The molecule has 290 valence electrons. The Morgan fingerprint density at radius 2 is 1.64 bits per heavy atom. The highest BCUT2D eigenvalue weighted by molar-refractivity contribution is 6.23. The molecule has 2 aromatic carbocycles. The van der Waals surface area contributed by atoms with Crippen molar-refractivity contribution in [3.05, 3.63) is 93.9 Å². The van der Waals surface area contributed by atoms with E-state index in [-0.39, 0.29) is 29.5 Å². The van der Waals surface area contributed by atoms with Gasteiger partial charge in [-0.3, -0.25) is 48.8 Å². The number of carbonyl (C=O) groups excluding carboxylic acids is 4. The molecule has 1 saturated heterocycles. The van der Waals surface area contributed by atoms with E-state index in [2.05, 4.69) is 25.5 Å². The van der Waals surface area contributed by atoms with Crippen LogP contribution in [0.4, 0.5) is 0 Å². The van der Waals surface area contributed by atoms with Crippen molar-refractivity contribution in [3.8, 4) is 28.4 Å². The molecular weight excluding hydrogens is 720 g/mol. The number of amides is 4. The summed E-state index contributed by atoms with van der Waals surface area (Å²) in [5.74, 6) is -0.398. The van der Waals surface area contributed by atoms with Gasteiger partial charge in [0.25, 0.3) is 17.4 Å². The molecule has 0 spiro atoms. The van der Waals surface area contributed by atoms with Gasteiger partial charge in [-0.25, -0.2) is 0 Å². The maximum atomic E-state index is 13.1. The second-order valence-corrected chi connectivity index (χ2v) is 13.9. The summed E-state index contributed by atoms with van der Waals surface area (Å²) in [4.78, 5) is 69.8. The molecule has 4 amide bonds. The predicted octanol–water partition coefficient (Wildman–Crippen LogP) is 3.49. The number of hydrogen-bond donors (Lipinski definition) is 1. The Hall–Kier alpha value is -6.42. The summed E-state index contributed by atoms with van der Waals surface area (Å²) in [5, 5.41) is 12.2. The van der Waals surface area contributed by atoms with Gasteiger partial charge in [0.05, 0.1) is 48.6 Å². The van der Waals surface area contributed by atoms with Crippen molar-refractivity contribution < 1.29 is 33.4 Å². The molecule has 1 atom stereocenters. The van der Waals surface area contributed by atoms with E-state index in [1.54, 1.807) is 44.3 Å². The number of aromatic nitrogens is 5. The molecule has 1 fully saturated rings. The zero-order valence-corrected chi connectivity index (χ0v) is 31.6. The summed E-state index contributed by atoms with van der Waals surface area (Å²) in [7, 11) is 6.96. The Balaban J connectivity index is 0.894. The summed E-state index contributed by atoms with van der Waals surface area (Å²) < 4.78 is 21.0. The number of benzene rings is 2. The van der Waals surface area contributed by atoms with Crippen molar-refractivity contribution in [2.75, 3.05) is 27.9 Å². The van der Waals surface area contributed by atoms with Crippen molar-refractivity contribution in [1.82, 2.24) is 39.7 Å². The highest BCUT2D eigenvalue weighted by atomic mass is 16.5. The number of rotatable bonds is 15. The Kier molecular flexibility index (Phi) is 10.9. The standard InChI is InChI=1S/C40H42N8O8/c1-45(22-32-34(54-3)16-24(17-35(32)55-4)31-23-46(2)38(51)30-19-41-13-12-27(30)31)20-25-21-47(44-43-25)14-6-5-7-15-56-26-8-9-28-29(18-26)40(53)48(39(28)52)33-10-11-36(49)42-37(33)50/h8-9,12-13,16-19,21,23,33H,5-7,10-11,14-15,20,22H2,1-4H3,(H,42,49,50). The van der Waals surface area contributed by atoms with E-state index in [0.717, 1.165) is 51.9 Å². The zero-order valence-electron chi connectivity index (χ0n) is 31.6. The van der Waals surface area contributed by atoms with Gasteiger partial charge < -0.3 is 18.8 Å². The molecule has 0 bridgehead atoms. The average Bonchev–Trinajstić information content (AvgIpc) is 3.74. The number of nitrogens with one attached hydrogen (secondary N) is 1. The summed E-state index contributed by atoms with van der Waals surface area (Å²) in [6, 6.07) is 9.46. The van der Waals surface area contributed by atoms with Crippen molar-refractivity contribution in [3.63, 3.8) is 0 Å². The van der Waals surface area contributed by atoms with E-state index in [1.165, 1.54) is 12.1 Å². The smallest absolute Gasteiger partial charge is 0.262 e. The number of methoxy groups -OCH3 is 2. The maximum absolute atomic E-state index is 13.1. The number of unbranched alkanes of at least 4 members (excludes halogenated alkanes) is 2. The largest absolute Gasteiger partial charge is 0.496 e. The Bertz CT molecular complexity index is 2380. The van der Waals surface area contributed by atoms with Gasteiger partial charge >= 0.3 is 0 Å². The number of hydrogen-bond acceptors (Lipinski definition) is 12. The number of ether oxygens (including phenoxy) is 3. The van der Waals surface area contributed by atoms with Crippen LogP contribution in [0.2, 0.25) is 0 Å². The summed E-state index contributed by atoms with van der Waals surface area (Å²) in [5.41, 5.74) is 3.69. The summed E-state index contributed by atoms with van der Waals surface area (Å²) in [6.07, 6.45) is 9.65. The van der Waals surface area contributed by atoms with Crippen molar-refractivity contribution in [1.29, 1.82) is 0 Å². The van der Waals surface area contributed by atoms with Gasteiger partial charge in [-0.1, -0.05) is 5.21 Å². The molecule has 2 aliphatic rings. The number of carbonyl (C=O) groups is 4. The summed E-state index contributed by atoms with van der Waals surface area (Å²) >= 11 is 0. The molecule has 2 aliphatic heterocycles. The van der Waals surface area contributed by atoms with E-state index in [4.69, 9.17) is 14.2 Å². The number of piperidine rings is 1. The zero-order chi connectivity index (χ0) is 39.5. The minimum atomic E-state index is -1.01. The fourth-order valence-corrected chi connectivity index (χ4v) is 7.24. The van der Waals surface area contributed by atoms with Crippen LogP contribution >= 0.6 is 0 Å². The fourth-order valence-electron chi connectivity index (χ4n) is 7.24. The van der Waals surface area contributed by atoms with Gasteiger partial charge in [-0.15, -0.1) is 5.10 Å². The summed E-state index contributed by atoms with van der Waals surface area (Å²) in [6.45, 7) is 2.16. The van der Waals surface area contributed by atoms with Gasteiger partial charge in [0, 0.05) is 63.5 Å². The Labute approximate surface area is 322 Å². The van der Waals surface area contributed by atoms with E-state index in [0.29, 0.717) is 48.9 Å². The first-order valence-corrected chi connectivity index (χ1v) is 18.3. The van der Waals surface area contributed by atoms with Crippen LogP contribution in [0.5, 0.6) is 17.2 Å². The first kappa shape index (κ1) is 37.9. The molecule has 1 N–H and O–H groups in total. The van der Waals surface area contributed by atoms with Crippen LogP contribution in [0.25, 0.3) is 21.9 Å². The van der Waals surface area contributed by atoms with E-state index >= 15 is 0 Å². The van der Waals surface area contributed by atoms with Crippen LogP contribution in [0.1, 0.15) is 64.1 Å². The Morgan fingerprint density at radius 1 is 0.875 bits per heavy atom. The lowest BCUT2D eigenvalue weighted by Crippen LogP contribution is -2.54. The van der Waals surface area contributed by atoms with Crippen LogP contribution in [0, 0.1) is 0 Å². The third-order valence-electron chi connectivity index (χ3n) is 10.1. The predicted molar refractivity (Wildman–Crippen MR) is 203 cm³/mol. The van der Waals surface area contributed by atoms with E-state index in [1.807, 2.05) is 42.3 Å². The molecule has 0 aliphatic carbocycles. The minimum absolute atomic E-state index is 0.0650. The number of pyridine rings is 2. The molecule has 56 heavy (non-hydrogen) atoms. The van der Waals surface area contributed by atoms with Crippen LogP contribution in [0.3, 0.4) is 0 Å². The molecule has 0 radical (unpaired) electrons. The SMILES string of the molecule is COc1cc(-c2cn(C)c(=O)c3cnccc23)cc(OC)c1CN(C)Cc1cn(CCCCCOc2ccc3c(c2)C(=O)N(C2CCC(=O)NC2=O)C3=O)nn1. The minimum Gasteiger partial charge on any atom is -0.496 e. The molecular formula is C40H42N8O8. The van der Waals surface area contributed by atoms with Crippen molar-refractivity contribution in [2.45, 2.75) is 57.8 Å². The number of aryl methyl sites for hydroxylation is 2. The second kappa shape index (κ2) is 16.1. The van der Waals surface area contributed by atoms with E-state index in [9.17, 15) is 24.0 Å². The lowest BCUT2D eigenvalue weighted by atomic mass is 9.99.